The topological polar surface area (TPSA) is 44.1 Å². The minimum atomic E-state index is -0.187. The first-order chi connectivity index (χ1) is 8.17. The van der Waals surface area contributed by atoms with Crippen molar-refractivity contribution in [2.24, 2.45) is 5.92 Å². The maximum absolute atomic E-state index is 11.9. The molecule has 0 N–H and O–H groups in total. The fourth-order valence-electron chi connectivity index (χ4n) is 2.29. The fourth-order valence-corrected chi connectivity index (χ4v) is 2.29. The van der Waals surface area contributed by atoms with Gasteiger partial charge in [-0.05, 0) is 31.0 Å². The van der Waals surface area contributed by atoms with Crippen LogP contribution in [0.5, 0.6) is 0 Å². The number of rotatable bonds is 2. The summed E-state index contributed by atoms with van der Waals surface area (Å²) in [6, 6.07) is 10.2. The third-order valence-electron chi connectivity index (χ3n) is 3.44. The van der Waals surface area contributed by atoms with Crippen molar-refractivity contribution < 1.29 is 4.79 Å². The SMILES string of the molecule is CCc1ccc(N2C(=O)CC(C#N)C2C)cc1. The van der Waals surface area contributed by atoms with Crippen molar-refractivity contribution >= 4 is 11.6 Å². The van der Waals surface area contributed by atoms with Crippen molar-refractivity contribution in [3.63, 3.8) is 0 Å². The molecule has 0 bridgehead atoms. The van der Waals surface area contributed by atoms with Gasteiger partial charge in [-0.1, -0.05) is 19.1 Å². The fraction of sp³-hybridized carbons (Fsp3) is 0.429. The molecule has 3 nitrogen and oxygen atoms in total. The van der Waals surface area contributed by atoms with Gasteiger partial charge in [-0.15, -0.1) is 0 Å². The van der Waals surface area contributed by atoms with Crippen LogP contribution in [0.25, 0.3) is 0 Å². The lowest BCUT2D eigenvalue weighted by molar-refractivity contribution is -0.117. The Bertz CT molecular complexity index is 458. The Kier molecular flexibility index (Phi) is 3.14. The number of nitriles is 1. The van der Waals surface area contributed by atoms with Crippen LogP contribution >= 0.6 is 0 Å². The molecular formula is C14H16N2O. The molecule has 1 heterocycles. The zero-order valence-electron chi connectivity index (χ0n) is 10.2. The molecule has 2 atom stereocenters. The molecule has 17 heavy (non-hydrogen) atoms. The summed E-state index contributed by atoms with van der Waals surface area (Å²) in [4.78, 5) is 13.6. The molecule has 1 aromatic rings. The smallest absolute Gasteiger partial charge is 0.228 e. The summed E-state index contributed by atoms with van der Waals surface area (Å²) in [5, 5.41) is 8.97. The molecule has 2 unspecified atom stereocenters. The monoisotopic (exact) mass is 228 g/mol. The standard InChI is InChI=1S/C14H16N2O/c1-3-11-4-6-13(7-5-11)16-10(2)12(9-15)8-14(16)17/h4-7,10,12H,3,8H2,1-2H3. The third-order valence-corrected chi connectivity index (χ3v) is 3.44. The van der Waals surface area contributed by atoms with Gasteiger partial charge in [-0.2, -0.15) is 5.26 Å². The van der Waals surface area contributed by atoms with Crippen LogP contribution in [0.3, 0.4) is 0 Å². The predicted molar refractivity (Wildman–Crippen MR) is 66.5 cm³/mol. The molecule has 1 fully saturated rings. The van der Waals surface area contributed by atoms with E-state index < -0.39 is 0 Å². The quantitative estimate of drug-likeness (QED) is 0.780. The minimum Gasteiger partial charge on any atom is -0.308 e. The van der Waals surface area contributed by atoms with E-state index in [0.29, 0.717) is 6.42 Å². The van der Waals surface area contributed by atoms with Crippen molar-refractivity contribution in [3.8, 4) is 6.07 Å². The second-order valence-corrected chi connectivity index (χ2v) is 4.46. The molecule has 1 aliphatic rings. The molecule has 1 aliphatic heterocycles. The number of anilines is 1. The van der Waals surface area contributed by atoms with Crippen LogP contribution in [0.2, 0.25) is 0 Å². The van der Waals surface area contributed by atoms with E-state index in [2.05, 4.69) is 13.0 Å². The van der Waals surface area contributed by atoms with E-state index in [4.69, 9.17) is 5.26 Å². The van der Waals surface area contributed by atoms with Gasteiger partial charge in [-0.3, -0.25) is 4.79 Å². The Morgan fingerprint density at radius 2 is 2.06 bits per heavy atom. The summed E-state index contributed by atoms with van der Waals surface area (Å²) in [5.74, 6) is -0.137. The Morgan fingerprint density at radius 3 is 2.53 bits per heavy atom. The van der Waals surface area contributed by atoms with E-state index in [1.165, 1.54) is 5.56 Å². The first kappa shape index (κ1) is 11.7. The number of carbonyl (C=O) groups is 1. The molecule has 0 spiro atoms. The van der Waals surface area contributed by atoms with E-state index in [1.807, 2.05) is 31.2 Å². The van der Waals surface area contributed by atoms with Gasteiger partial charge in [0.1, 0.15) is 0 Å². The molecule has 0 aliphatic carbocycles. The van der Waals surface area contributed by atoms with Crippen molar-refractivity contribution in [2.75, 3.05) is 4.90 Å². The van der Waals surface area contributed by atoms with Gasteiger partial charge in [0.2, 0.25) is 5.91 Å². The van der Waals surface area contributed by atoms with Crippen LogP contribution in [0.15, 0.2) is 24.3 Å². The van der Waals surface area contributed by atoms with Crippen LogP contribution in [0.4, 0.5) is 5.69 Å². The first-order valence-electron chi connectivity index (χ1n) is 5.98. The van der Waals surface area contributed by atoms with Gasteiger partial charge in [-0.25, -0.2) is 0 Å². The average Bonchev–Trinajstić information content (AvgIpc) is 2.64. The summed E-state index contributed by atoms with van der Waals surface area (Å²) >= 11 is 0. The van der Waals surface area contributed by atoms with Crippen LogP contribution in [-0.4, -0.2) is 11.9 Å². The number of aryl methyl sites for hydroxylation is 1. The first-order valence-corrected chi connectivity index (χ1v) is 5.98. The van der Waals surface area contributed by atoms with E-state index >= 15 is 0 Å². The number of hydrogen-bond acceptors (Lipinski definition) is 2. The normalized spacial score (nSPS) is 23.8. The highest BCUT2D eigenvalue weighted by molar-refractivity contribution is 5.96. The maximum Gasteiger partial charge on any atom is 0.228 e. The Morgan fingerprint density at radius 1 is 1.41 bits per heavy atom. The average molecular weight is 228 g/mol. The molecule has 1 aromatic carbocycles. The maximum atomic E-state index is 11.9. The molecule has 0 saturated carbocycles. The third kappa shape index (κ3) is 2.03. The molecule has 0 radical (unpaired) electrons. The predicted octanol–water partition coefficient (Wildman–Crippen LogP) is 2.51. The second-order valence-electron chi connectivity index (χ2n) is 4.46. The van der Waals surface area contributed by atoms with E-state index in [1.54, 1.807) is 4.90 Å². The van der Waals surface area contributed by atoms with Gasteiger partial charge in [0.15, 0.2) is 0 Å². The number of amides is 1. The van der Waals surface area contributed by atoms with Crippen molar-refractivity contribution in [1.82, 2.24) is 0 Å². The number of hydrogen-bond donors (Lipinski definition) is 0. The summed E-state index contributed by atoms with van der Waals surface area (Å²) < 4.78 is 0. The summed E-state index contributed by atoms with van der Waals surface area (Å²) in [6.07, 6.45) is 1.33. The molecular weight excluding hydrogens is 212 g/mol. The number of carbonyl (C=O) groups excluding carboxylic acids is 1. The van der Waals surface area contributed by atoms with E-state index in [9.17, 15) is 4.79 Å². The lowest BCUT2D eigenvalue weighted by Gasteiger charge is -2.22. The number of benzene rings is 1. The Balaban J connectivity index is 2.27. The van der Waals surface area contributed by atoms with Crippen molar-refractivity contribution in [3.05, 3.63) is 29.8 Å². The van der Waals surface area contributed by atoms with E-state index in [-0.39, 0.29) is 17.9 Å². The molecule has 2 rings (SSSR count). The zero-order valence-corrected chi connectivity index (χ0v) is 10.2. The zero-order chi connectivity index (χ0) is 12.4. The summed E-state index contributed by atoms with van der Waals surface area (Å²) in [6.45, 7) is 4.04. The Hall–Kier alpha value is -1.82. The lowest BCUT2D eigenvalue weighted by Crippen LogP contribution is -2.32. The highest BCUT2D eigenvalue weighted by Gasteiger charge is 2.37. The largest absolute Gasteiger partial charge is 0.308 e. The highest BCUT2D eigenvalue weighted by Crippen LogP contribution is 2.30. The van der Waals surface area contributed by atoms with Crippen molar-refractivity contribution in [2.45, 2.75) is 32.7 Å². The van der Waals surface area contributed by atoms with Crippen LogP contribution in [0.1, 0.15) is 25.8 Å². The lowest BCUT2D eigenvalue weighted by atomic mass is 10.0. The molecule has 0 aromatic heterocycles. The van der Waals surface area contributed by atoms with Gasteiger partial charge in [0.25, 0.3) is 0 Å². The number of nitrogens with zero attached hydrogens (tertiary/aromatic N) is 2. The van der Waals surface area contributed by atoms with E-state index in [0.717, 1.165) is 12.1 Å². The summed E-state index contributed by atoms with van der Waals surface area (Å²) in [7, 11) is 0. The molecule has 3 heteroatoms. The van der Waals surface area contributed by atoms with Gasteiger partial charge in [0, 0.05) is 12.1 Å². The van der Waals surface area contributed by atoms with Gasteiger partial charge in [0.05, 0.1) is 18.0 Å². The van der Waals surface area contributed by atoms with Crippen LogP contribution in [0, 0.1) is 17.2 Å². The van der Waals surface area contributed by atoms with Crippen LogP contribution in [-0.2, 0) is 11.2 Å². The molecule has 88 valence electrons. The summed E-state index contributed by atoms with van der Waals surface area (Å²) in [5.41, 5.74) is 2.15. The van der Waals surface area contributed by atoms with Crippen molar-refractivity contribution in [1.29, 1.82) is 5.26 Å². The second kappa shape index (κ2) is 4.58. The van der Waals surface area contributed by atoms with Crippen LogP contribution < -0.4 is 4.90 Å². The highest BCUT2D eigenvalue weighted by atomic mass is 16.2. The van der Waals surface area contributed by atoms with Gasteiger partial charge < -0.3 is 4.90 Å². The molecule has 1 saturated heterocycles. The minimum absolute atomic E-state index is 0.0278. The Labute approximate surface area is 102 Å². The van der Waals surface area contributed by atoms with Gasteiger partial charge >= 0.3 is 0 Å². The molecule has 1 amide bonds.